The lowest BCUT2D eigenvalue weighted by Gasteiger charge is -2.14. The van der Waals surface area contributed by atoms with Crippen LogP contribution in [0.1, 0.15) is 17.4 Å². The molecule has 0 fully saturated rings. The molecule has 0 aliphatic carbocycles. The van der Waals surface area contributed by atoms with Gasteiger partial charge >= 0.3 is 0 Å². The van der Waals surface area contributed by atoms with Crippen LogP contribution in [0.2, 0.25) is 10.0 Å². The number of nitrogens with zero attached hydrogens (tertiary/aromatic N) is 3. The van der Waals surface area contributed by atoms with Crippen molar-refractivity contribution >= 4 is 39.1 Å². The second-order valence-corrected chi connectivity index (χ2v) is 5.20. The average molecular weight is 336 g/mol. The lowest BCUT2D eigenvalue weighted by atomic mass is 10.1. The predicted octanol–water partition coefficient (Wildman–Crippen LogP) is 2.93. The van der Waals surface area contributed by atoms with Crippen molar-refractivity contribution in [3.05, 3.63) is 44.4 Å². The summed E-state index contributed by atoms with van der Waals surface area (Å²) in [6, 6.07) is 1.16. The Morgan fingerprint density at radius 2 is 2.12 bits per heavy atom. The maximum atomic E-state index is 6.13. The molecule has 0 bridgehead atoms. The molecule has 1 atom stereocenters. The molecule has 0 spiro atoms. The molecule has 7 heteroatoms. The number of aryl methyl sites for hydroxylation is 1. The molecule has 0 amide bonds. The van der Waals surface area contributed by atoms with Gasteiger partial charge in [0.1, 0.15) is 0 Å². The van der Waals surface area contributed by atoms with Crippen LogP contribution in [0.5, 0.6) is 0 Å². The van der Waals surface area contributed by atoms with E-state index >= 15 is 0 Å². The van der Waals surface area contributed by atoms with Gasteiger partial charge in [0.25, 0.3) is 0 Å². The van der Waals surface area contributed by atoms with Gasteiger partial charge in [0.15, 0.2) is 0 Å². The summed E-state index contributed by atoms with van der Waals surface area (Å²) in [6.45, 7) is 0. The van der Waals surface area contributed by atoms with E-state index in [9.17, 15) is 0 Å². The fraction of sp³-hybridized carbons (Fsp3) is 0.200. The number of pyridine rings is 1. The topological polar surface area (TPSA) is 56.7 Å². The second kappa shape index (κ2) is 4.94. The van der Waals surface area contributed by atoms with E-state index in [1.165, 1.54) is 6.20 Å². The molecule has 0 radical (unpaired) electrons. The van der Waals surface area contributed by atoms with Gasteiger partial charge in [-0.2, -0.15) is 5.10 Å². The minimum Gasteiger partial charge on any atom is -0.318 e. The molecule has 0 saturated carbocycles. The highest BCUT2D eigenvalue weighted by Gasteiger charge is 2.20. The molecule has 0 aliphatic rings. The maximum absolute atomic E-state index is 6.13. The van der Waals surface area contributed by atoms with Gasteiger partial charge in [-0.1, -0.05) is 23.2 Å². The van der Waals surface area contributed by atoms with Gasteiger partial charge in [-0.3, -0.25) is 9.67 Å². The smallest absolute Gasteiger partial charge is 0.0923 e. The lowest BCUT2D eigenvalue weighted by molar-refractivity contribution is 0.662. The number of nitrogens with two attached hydrogens (primary N) is 1. The third-order valence-corrected chi connectivity index (χ3v) is 3.48. The van der Waals surface area contributed by atoms with Crippen molar-refractivity contribution in [1.82, 2.24) is 14.8 Å². The van der Waals surface area contributed by atoms with E-state index in [1.54, 1.807) is 16.9 Å². The lowest BCUT2D eigenvalue weighted by Crippen LogP contribution is -2.18. The first-order valence-electron chi connectivity index (χ1n) is 4.74. The van der Waals surface area contributed by atoms with Crippen molar-refractivity contribution in [1.29, 1.82) is 0 Å². The highest BCUT2D eigenvalue weighted by molar-refractivity contribution is 9.10. The van der Waals surface area contributed by atoms with Gasteiger partial charge in [-0.15, -0.1) is 0 Å². The summed E-state index contributed by atoms with van der Waals surface area (Å²) in [6.07, 6.45) is 3.20. The number of hydrogen-bond acceptors (Lipinski definition) is 3. The van der Waals surface area contributed by atoms with Gasteiger partial charge in [0.05, 0.1) is 38.1 Å². The van der Waals surface area contributed by atoms with E-state index in [2.05, 4.69) is 26.0 Å². The van der Waals surface area contributed by atoms with E-state index in [-0.39, 0.29) is 0 Å². The Labute approximate surface area is 117 Å². The molecule has 0 aromatic carbocycles. The van der Waals surface area contributed by atoms with Crippen LogP contribution < -0.4 is 5.73 Å². The van der Waals surface area contributed by atoms with Crippen molar-refractivity contribution in [2.75, 3.05) is 0 Å². The highest BCUT2D eigenvalue weighted by Crippen LogP contribution is 2.30. The quantitative estimate of drug-likeness (QED) is 0.918. The molecule has 2 aromatic heterocycles. The molecule has 0 saturated heterocycles. The SMILES string of the molecule is Cn1ncc(Br)c1C(N)c1ncc(Cl)cc1Cl. The number of hydrogen-bond donors (Lipinski definition) is 1. The van der Waals surface area contributed by atoms with Gasteiger partial charge in [0, 0.05) is 13.2 Å². The number of aromatic nitrogens is 3. The minimum absolute atomic E-state index is 0.443. The Morgan fingerprint density at radius 1 is 1.41 bits per heavy atom. The monoisotopic (exact) mass is 334 g/mol. The maximum Gasteiger partial charge on any atom is 0.0923 e. The number of rotatable bonds is 2. The summed E-state index contributed by atoms with van der Waals surface area (Å²) in [5.74, 6) is 0. The van der Waals surface area contributed by atoms with Gasteiger partial charge < -0.3 is 5.73 Å². The molecule has 2 heterocycles. The van der Waals surface area contributed by atoms with Gasteiger partial charge in [0.2, 0.25) is 0 Å². The zero-order valence-electron chi connectivity index (χ0n) is 8.86. The first-order valence-corrected chi connectivity index (χ1v) is 6.29. The van der Waals surface area contributed by atoms with Crippen LogP contribution in [0.3, 0.4) is 0 Å². The van der Waals surface area contributed by atoms with Crippen LogP contribution >= 0.6 is 39.1 Å². The van der Waals surface area contributed by atoms with E-state index < -0.39 is 6.04 Å². The third kappa shape index (κ3) is 2.47. The second-order valence-electron chi connectivity index (χ2n) is 3.50. The zero-order valence-corrected chi connectivity index (χ0v) is 12.0. The van der Waals surface area contributed by atoms with E-state index in [4.69, 9.17) is 28.9 Å². The van der Waals surface area contributed by atoms with Gasteiger partial charge in [-0.05, 0) is 22.0 Å². The molecule has 0 aliphatic heterocycles. The Balaban J connectivity index is 2.47. The molecule has 1 unspecified atom stereocenters. The molecular formula is C10H9BrCl2N4. The van der Waals surface area contributed by atoms with E-state index in [0.29, 0.717) is 15.7 Å². The van der Waals surface area contributed by atoms with Crippen LogP contribution in [0.25, 0.3) is 0 Å². The summed E-state index contributed by atoms with van der Waals surface area (Å²) in [7, 11) is 1.81. The van der Waals surface area contributed by atoms with Crippen molar-refractivity contribution < 1.29 is 0 Å². The molecular weight excluding hydrogens is 327 g/mol. The molecule has 90 valence electrons. The summed E-state index contributed by atoms with van der Waals surface area (Å²) in [4.78, 5) is 4.17. The molecule has 4 nitrogen and oxygen atoms in total. The van der Waals surface area contributed by atoms with Crippen molar-refractivity contribution in [3.63, 3.8) is 0 Å². The zero-order chi connectivity index (χ0) is 12.6. The van der Waals surface area contributed by atoms with Crippen LogP contribution in [-0.4, -0.2) is 14.8 Å². The average Bonchev–Trinajstić information content (AvgIpc) is 2.58. The fourth-order valence-corrected chi connectivity index (χ4v) is 2.65. The first kappa shape index (κ1) is 12.8. The Bertz CT molecular complexity index is 536. The van der Waals surface area contributed by atoms with E-state index in [0.717, 1.165) is 10.2 Å². The third-order valence-electron chi connectivity index (χ3n) is 2.36. The van der Waals surface area contributed by atoms with Crippen molar-refractivity contribution in [3.8, 4) is 0 Å². The van der Waals surface area contributed by atoms with Crippen LogP contribution in [0.15, 0.2) is 22.9 Å². The largest absolute Gasteiger partial charge is 0.318 e. The number of halogens is 3. The molecule has 2 rings (SSSR count). The molecule has 17 heavy (non-hydrogen) atoms. The van der Waals surface area contributed by atoms with Crippen molar-refractivity contribution in [2.24, 2.45) is 12.8 Å². The molecule has 2 aromatic rings. The highest BCUT2D eigenvalue weighted by atomic mass is 79.9. The molecule has 2 N–H and O–H groups in total. The standard InChI is InChI=1S/C10H9BrCl2N4/c1-17-10(6(11)4-16-17)8(14)9-7(13)2-5(12)3-15-9/h2-4,8H,14H2,1H3. The predicted molar refractivity (Wildman–Crippen MR) is 71.2 cm³/mol. The van der Waals surface area contributed by atoms with Crippen LogP contribution in [0, 0.1) is 0 Å². The summed E-state index contributed by atoms with van der Waals surface area (Å²) < 4.78 is 2.50. The van der Waals surface area contributed by atoms with Gasteiger partial charge in [-0.25, -0.2) is 0 Å². The fourth-order valence-electron chi connectivity index (χ4n) is 1.55. The summed E-state index contributed by atoms with van der Waals surface area (Å²) in [5.41, 5.74) is 7.51. The van der Waals surface area contributed by atoms with Crippen LogP contribution in [0.4, 0.5) is 0 Å². The Hall–Kier alpha value is -0.620. The minimum atomic E-state index is -0.457. The van der Waals surface area contributed by atoms with Crippen LogP contribution in [-0.2, 0) is 7.05 Å². The van der Waals surface area contributed by atoms with Crippen molar-refractivity contribution in [2.45, 2.75) is 6.04 Å². The summed E-state index contributed by atoms with van der Waals surface area (Å²) >= 11 is 15.3. The Morgan fingerprint density at radius 3 is 2.65 bits per heavy atom. The normalized spacial score (nSPS) is 12.8. The summed E-state index contributed by atoms with van der Waals surface area (Å²) in [5, 5.41) is 5.03. The Kier molecular flexibility index (Phi) is 3.73. The van der Waals surface area contributed by atoms with E-state index in [1.807, 2.05) is 7.05 Å². The first-order chi connectivity index (χ1) is 8.00.